The molecule has 1 saturated heterocycles. The standard InChI is InChI=1S/C19H22N6O/c1-23-13-14(11-21-23)19(26)24(2)15-7-9-25(10-8-15)18-12-20-16-5-3-4-6-17(16)22-18/h3-6,11-13,15H,7-10H2,1-2H3. The van der Waals surface area contributed by atoms with Crippen molar-refractivity contribution in [2.45, 2.75) is 18.9 Å². The van der Waals surface area contributed by atoms with E-state index in [0.717, 1.165) is 42.8 Å². The van der Waals surface area contributed by atoms with Crippen molar-refractivity contribution in [3.05, 3.63) is 48.4 Å². The fourth-order valence-corrected chi connectivity index (χ4v) is 3.48. The number of rotatable bonds is 3. The number of carbonyl (C=O) groups excluding carboxylic acids is 1. The maximum absolute atomic E-state index is 12.6. The number of piperidine rings is 1. The summed E-state index contributed by atoms with van der Waals surface area (Å²) in [4.78, 5) is 25.9. The van der Waals surface area contributed by atoms with Gasteiger partial charge in [-0.2, -0.15) is 5.10 Å². The molecule has 134 valence electrons. The number of carbonyl (C=O) groups is 1. The second-order valence-corrected chi connectivity index (χ2v) is 6.75. The lowest BCUT2D eigenvalue weighted by Crippen LogP contribution is -2.45. The van der Waals surface area contributed by atoms with Crippen LogP contribution < -0.4 is 4.90 Å². The smallest absolute Gasteiger partial charge is 0.257 e. The molecule has 7 heteroatoms. The summed E-state index contributed by atoms with van der Waals surface area (Å²) in [6.07, 6.45) is 7.05. The summed E-state index contributed by atoms with van der Waals surface area (Å²) in [5, 5.41) is 4.09. The van der Waals surface area contributed by atoms with E-state index in [1.165, 1.54) is 0 Å². The van der Waals surface area contributed by atoms with Gasteiger partial charge in [-0.1, -0.05) is 12.1 Å². The lowest BCUT2D eigenvalue weighted by molar-refractivity contribution is 0.0709. The van der Waals surface area contributed by atoms with Crippen molar-refractivity contribution in [1.82, 2.24) is 24.6 Å². The second-order valence-electron chi connectivity index (χ2n) is 6.75. The third-order valence-electron chi connectivity index (χ3n) is 5.04. The van der Waals surface area contributed by atoms with Crippen LogP contribution in [0.25, 0.3) is 11.0 Å². The number of nitrogens with zero attached hydrogens (tertiary/aromatic N) is 6. The van der Waals surface area contributed by atoms with E-state index in [1.54, 1.807) is 17.1 Å². The molecule has 0 radical (unpaired) electrons. The van der Waals surface area contributed by atoms with Crippen LogP contribution in [0.1, 0.15) is 23.2 Å². The number of benzene rings is 1. The zero-order chi connectivity index (χ0) is 18.1. The van der Waals surface area contributed by atoms with Crippen molar-refractivity contribution in [3.63, 3.8) is 0 Å². The number of aromatic nitrogens is 4. The number of anilines is 1. The predicted octanol–water partition coefficient (Wildman–Crippen LogP) is 2.10. The van der Waals surface area contributed by atoms with Gasteiger partial charge in [0.15, 0.2) is 0 Å². The van der Waals surface area contributed by atoms with Gasteiger partial charge in [0.05, 0.1) is 29.0 Å². The summed E-state index contributed by atoms with van der Waals surface area (Å²) in [6, 6.07) is 8.13. The summed E-state index contributed by atoms with van der Waals surface area (Å²) in [7, 11) is 3.70. The molecule has 2 aromatic heterocycles. The number of hydrogen-bond acceptors (Lipinski definition) is 5. The van der Waals surface area contributed by atoms with Gasteiger partial charge >= 0.3 is 0 Å². The van der Waals surface area contributed by atoms with E-state index in [-0.39, 0.29) is 11.9 Å². The predicted molar refractivity (Wildman–Crippen MR) is 100 cm³/mol. The Hall–Kier alpha value is -2.96. The van der Waals surface area contributed by atoms with Gasteiger partial charge < -0.3 is 9.80 Å². The second kappa shape index (κ2) is 6.74. The lowest BCUT2D eigenvalue weighted by Gasteiger charge is -2.37. The maximum atomic E-state index is 12.6. The molecule has 26 heavy (non-hydrogen) atoms. The van der Waals surface area contributed by atoms with Gasteiger partial charge in [-0.25, -0.2) is 4.98 Å². The van der Waals surface area contributed by atoms with Gasteiger partial charge in [-0.05, 0) is 25.0 Å². The Morgan fingerprint density at radius 1 is 1.15 bits per heavy atom. The molecule has 0 spiro atoms. The normalized spacial score (nSPS) is 15.4. The van der Waals surface area contributed by atoms with Gasteiger partial charge in [0.2, 0.25) is 0 Å². The Morgan fingerprint density at radius 3 is 2.58 bits per heavy atom. The summed E-state index contributed by atoms with van der Waals surface area (Å²) >= 11 is 0. The van der Waals surface area contributed by atoms with Crippen molar-refractivity contribution < 1.29 is 4.79 Å². The average molecular weight is 350 g/mol. The van der Waals surface area contributed by atoms with Crippen molar-refractivity contribution in [3.8, 4) is 0 Å². The van der Waals surface area contributed by atoms with E-state index in [0.29, 0.717) is 5.56 Å². The molecule has 1 amide bonds. The molecular formula is C19H22N6O. The van der Waals surface area contributed by atoms with Crippen LogP contribution in [-0.2, 0) is 7.05 Å². The van der Waals surface area contributed by atoms with Crippen molar-refractivity contribution >= 4 is 22.8 Å². The van der Waals surface area contributed by atoms with Crippen molar-refractivity contribution in [1.29, 1.82) is 0 Å². The first-order chi connectivity index (χ1) is 12.6. The van der Waals surface area contributed by atoms with Gasteiger partial charge in [0.25, 0.3) is 5.91 Å². The van der Waals surface area contributed by atoms with E-state index in [2.05, 4.69) is 15.0 Å². The highest BCUT2D eigenvalue weighted by molar-refractivity contribution is 5.93. The van der Waals surface area contributed by atoms with Gasteiger partial charge in [0.1, 0.15) is 5.82 Å². The SMILES string of the molecule is CN(C(=O)c1cnn(C)c1)C1CCN(c2cnc3ccccc3n2)CC1. The molecule has 0 unspecified atom stereocenters. The minimum Gasteiger partial charge on any atom is -0.355 e. The lowest BCUT2D eigenvalue weighted by atomic mass is 10.0. The molecule has 0 saturated carbocycles. The molecule has 1 aliphatic rings. The van der Waals surface area contributed by atoms with Crippen LogP contribution in [-0.4, -0.2) is 56.7 Å². The highest BCUT2D eigenvalue weighted by Crippen LogP contribution is 2.22. The molecule has 1 aromatic carbocycles. The monoisotopic (exact) mass is 350 g/mol. The number of para-hydroxylation sites is 2. The van der Waals surface area contributed by atoms with Crippen LogP contribution in [0.2, 0.25) is 0 Å². The molecule has 0 aliphatic carbocycles. The molecule has 3 heterocycles. The third-order valence-corrected chi connectivity index (χ3v) is 5.04. The molecule has 1 aliphatic heterocycles. The minimum atomic E-state index is 0.0297. The fraction of sp³-hybridized carbons (Fsp3) is 0.368. The van der Waals surface area contributed by atoms with Crippen LogP contribution in [0, 0.1) is 0 Å². The van der Waals surface area contributed by atoms with Crippen molar-refractivity contribution in [2.75, 3.05) is 25.0 Å². The number of hydrogen-bond donors (Lipinski definition) is 0. The molecule has 3 aromatic rings. The van der Waals surface area contributed by atoms with Gasteiger partial charge in [-0.15, -0.1) is 0 Å². The number of fused-ring (bicyclic) bond motifs is 1. The van der Waals surface area contributed by atoms with E-state index in [4.69, 9.17) is 4.98 Å². The highest BCUT2D eigenvalue weighted by Gasteiger charge is 2.27. The number of aryl methyl sites for hydroxylation is 1. The fourth-order valence-electron chi connectivity index (χ4n) is 3.48. The molecule has 4 rings (SSSR count). The molecule has 0 bridgehead atoms. The Kier molecular flexibility index (Phi) is 4.28. The molecular weight excluding hydrogens is 328 g/mol. The van der Waals surface area contributed by atoms with Crippen LogP contribution in [0.5, 0.6) is 0 Å². The summed E-state index contributed by atoms with van der Waals surface area (Å²) < 4.78 is 1.65. The zero-order valence-electron chi connectivity index (χ0n) is 15.0. The highest BCUT2D eigenvalue weighted by atomic mass is 16.2. The minimum absolute atomic E-state index is 0.0297. The summed E-state index contributed by atoms with van der Waals surface area (Å²) in [5.74, 6) is 0.936. The zero-order valence-corrected chi connectivity index (χ0v) is 15.0. The van der Waals surface area contributed by atoms with Gasteiger partial charge in [-0.3, -0.25) is 14.5 Å². The van der Waals surface area contributed by atoms with Crippen LogP contribution in [0.4, 0.5) is 5.82 Å². The Balaban J connectivity index is 1.42. The molecule has 0 atom stereocenters. The summed E-state index contributed by atoms with van der Waals surface area (Å²) in [6.45, 7) is 1.73. The molecule has 1 fully saturated rings. The average Bonchev–Trinajstić information content (AvgIpc) is 3.13. The van der Waals surface area contributed by atoms with Crippen molar-refractivity contribution in [2.24, 2.45) is 7.05 Å². The topological polar surface area (TPSA) is 67.2 Å². The van der Waals surface area contributed by atoms with Crippen LogP contribution >= 0.6 is 0 Å². The van der Waals surface area contributed by atoms with Gasteiger partial charge in [0, 0.05) is 39.4 Å². The van der Waals surface area contributed by atoms with Crippen LogP contribution in [0.3, 0.4) is 0 Å². The summed E-state index contributed by atoms with van der Waals surface area (Å²) in [5.41, 5.74) is 2.46. The van der Waals surface area contributed by atoms with E-state index >= 15 is 0 Å². The molecule has 0 N–H and O–H groups in total. The largest absolute Gasteiger partial charge is 0.355 e. The van der Waals surface area contributed by atoms with E-state index in [1.807, 2.05) is 49.5 Å². The quantitative estimate of drug-likeness (QED) is 0.724. The first kappa shape index (κ1) is 16.5. The Morgan fingerprint density at radius 2 is 1.88 bits per heavy atom. The Labute approximate surface area is 152 Å². The number of amides is 1. The first-order valence-corrected chi connectivity index (χ1v) is 8.84. The van der Waals surface area contributed by atoms with Crippen LogP contribution in [0.15, 0.2) is 42.9 Å². The Bertz CT molecular complexity index is 928. The molecule has 7 nitrogen and oxygen atoms in total. The third kappa shape index (κ3) is 3.12. The maximum Gasteiger partial charge on any atom is 0.257 e. The first-order valence-electron chi connectivity index (χ1n) is 8.84. The van der Waals surface area contributed by atoms with E-state index < -0.39 is 0 Å². The van der Waals surface area contributed by atoms with E-state index in [9.17, 15) is 4.79 Å².